The smallest absolute Gasteiger partial charge is 0.313 e. The van der Waals surface area contributed by atoms with E-state index in [1.54, 1.807) is 0 Å². The second-order valence-electron chi connectivity index (χ2n) is 5.76. The van der Waals surface area contributed by atoms with Crippen LogP contribution < -0.4 is 0 Å². The molecule has 0 aromatic rings. The van der Waals surface area contributed by atoms with Gasteiger partial charge in [-0.25, -0.2) is 0 Å². The second kappa shape index (κ2) is 7.60. The predicted octanol–water partition coefficient (Wildman–Crippen LogP) is 4.35. The molecule has 2 atom stereocenters. The number of ether oxygens (including phenoxy) is 1. The molecule has 0 bridgehead atoms. The Labute approximate surface area is 112 Å². The summed E-state index contributed by atoms with van der Waals surface area (Å²) in [6.45, 7) is 9.00. The van der Waals surface area contributed by atoms with Crippen LogP contribution in [0.25, 0.3) is 0 Å². The van der Waals surface area contributed by atoms with Crippen LogP contribution in [0.2, 0.25) is 0 Å². The molecule has 1 aliphatic carbocycles. The first-order valence-corrected chi connectivity index (χ1v) is 7.43. The summed E-state index contributed by atoms with van der Waals surface area (Å²) in [6.07, 6.45) is 7.93. The lowest BCUT2D eigenvalue weighted by atomic mass is 9.80. The van der Waals surface area contributed by atoms with Gasteiger partial charge in [0.25, 0.3) is 0 Å². The first-order chi connectivity index (χ1) is 8.58. The van der Waals surface area contributed by atoms with E-state index in [1.165, 1.54) is 18.4 Å². The van der Waals surface area contributed by atoms with Gasteiger partial charge >= 0.3 is 5.97 Å². The van der Waals surface area contributed by atoms with Gasteiger partial charge in [-0.1, -0.05) is 32.4 Å². The van der Waals surface area contributed by atoms with Crippen molar-refractivity contribution < 1.29 is 9.53 Å². The Balaban J connectivity index is 2.56. The van der Waals surface area contributed by atoms with E-state index >= 15 is 0 Å². The Kier molecular flexibility index (Phi) is 6.45. The van der Waals surface area contributed by atoms with Crippen LogP contribution in [0.1, 0.15) is 59.8 Å². The summed E-state index contributed by atoms with van der Waals surface area (Å²) in [4.78, 5) is 11.9. The molecular formula is C16H28O2. The molecule has 2 nitrogen and oxygen atoms in total. The minimum absolute atomic E-state index is 0.00458. The predicted molar refractivity (Wildman–Crippen MR) is 75.3 cm³/mol. The second-order valence-corrected chi connectivity index (χ2v) is 5.76. The minimum Gasteiger partial charge on any atom is -0.466 e. The Morgan fingerprint density at radius 2 is 2.17 bits per heavy atom. The van der Waals surface area contributed by atoms with E-state index in [0.717, 1.165) is 31.1 Å². The van der Waals surface area contributed by atoms with E-state index in [-0.39, 0.29) is 11.9 Å². The summed E-state index contributed by atoms with van der Waals surface area (Å²) in [6, 6.07) is 0. The van der Waals surface area contributed by atoms with Crippen molar-refractivity contribution in [2.24, 2.45) is 17.8 Å². The van der Waals surface area contributed by atoms with E-state index in [1.807, 2.05) is 6.92 Å². The lowest BCUT2D eigenvalue weighted by molar-refractivity contribution is -0.146. The van der Waals surface area contributed by atoms with Gasteiger partial charge < -0.3 is 4.74 Å². The summed E-state index contributed by atoms with van der Waals surface area (Å²) in [5.41, 5.74) is 1.32. The van der Waals surface area contributed by atoms with E-state index in [0.29, 0.717) is 6.61 Å². The molecule has 0 amide bonds. The fraction of sp³-hybridized carbons (Fsp3) is 0.812. The highest BCUT2D eigenvalue weighted by atomic mass is 16.5. The molecule has 0 radical (unpaired) electrons. The minimum atomic E-state index is -0.0337. The summed E-state index contributed by atoms with van der Waals surface area (Å²) in [5, 5.41) is 0. The third-order valence-corrected chi connectivity index (χ3v) is 3.79. The Bertz CT molecular complexity index is 291. The molecule has 0 N–H and O–H groups in total. The molecule has 0 spiro atoms. The Morgan fingerprint density at radius 1 is 1.44 bits per heavy atom. The first-order valence-electron chi connectivity index (χ1n) is 7.43. The molecule has 0 aromatic heterocycles. The van der Waals surface area contributed by atoms with E-state index in [4.69, 9.17) is 4.74 Å². The molecule has 0 aromatic carbocycles. The lowest BCUT2D eigenvalue weighted by Crippen LogP contribution is -2.22. The fourth-order valence-electron chi connectivity index (χ4n) is 2.93. The summed E-state index contributed by atoms with van der Waals surface area (Å²) in [5.74, 6) is 1.56. The average Bonchev–Trinajstić information content (AvgIpc) is 2.32. The molecule has 0 saturated heterocycles. The normalized spacial score (nSPS) is 21.6. The van der Waals surface area contributed by atoms with Crippen LogP contribution in [0.15, 0.2) is 11.6 Å². The van der Waals surface area contributed by atoms with Gasteiger partial charge in [0.2, 0.25) is 0 Å². The number of allylic oxidation sites excluding steroid dienone is 1. The van der Waals surface area contributed by atoms with Crippen LogP contribution in [0.4, 0.5) is 0 Å². The summed E-state index contributed by atoms with van der Waals surface area (Å²) in [7, 11) is 0. The monoisotopic (exact) mass is 252 g/mol. The van der Waals surface area contributed by atoms with Crippen molar-refractivity contribution in [2.75, 3.05) is 6.61 Å². The molecule has 0 fully saturated rings. The van der Waals surface area contributed by atoms with Gasteiger partial charge in [-0.05, 0) is 50.9 Å². The van der Waals surface area contributed by atoms with Crippen LogP contribution in [-0.2, 0) is 9.53 Å². The van der Waals surface area contributed by atoms with Crippen molar-refractivity contribution in [2.45, 2.75) is 59.8 Å². The molecule has 0 aliphatic heterocycles. The Morgan fingerprint density at radius 3 is 2.61 bits per heavy atom. The highest BCUT2D eigenvalue weighted by Gasteiger charge is 2.25. The van der Waals surface area contributed by atoms with Crippen LogP contribution in [-0.4, -0.2) is 12.6 Å². The van der Waals surface area contributed by atoms with Crippen LogP contribution >= 0.6 is 0 Å². The topological polar surface area (TPSA) is 26.3 Å². The third-order valence-electron chi connectivity index (χ3n) is 3.79. The quantitative estimate of drug-likeness (QED) is 0.519. The van der Waals surface area contributed by atoms with E-state index in [9.17, 15) is 4.79 Å². The van der Waals surface area contributed by atoms with E-state index < -0.39 is 0 Å². The molecule has 1 aliphatic rings. The number of carbonyl (C=O) groups excluding carboxylic acids is 1. The zero-order chi connectivity index (χ0) is 13.5. The number of carbonyl (C=O) groups is 1. The van der Waals surface area contributed by atoms with Crippen LogP contribution in [0.5, 0.6) is 0 Å². The van der Waals surface area contributed by atoms with Gasteiger partial charge in [-0.3, -0.25) is 4.79 Å². The van der Waals surface area contributed by atoms with Crippen molar-refractivity contribution >= 4 is 5.97 Å². The number of esters is 1. The maximum absolute atomic E-state index is 11.9. The zero-order valence-electron chi connectivity index (χ0n) is 12.4. The van der Waals surface area contributed by atoms with Crippen molar-refractivity contribution in [1.29, 1.82) is 0 Å². The maximum Gasteiger partial charge on any atom is 0.313 e. The molecule has 0 heterocycles. The maximum atomic E-state index is 11.9. The number of hydrogen-bond acceptors (Lipinski definition) is 2. The van der Waals surface area contributed by atoms with Gasteiger partial charge in [0.1, 0.15) is 0 Å². The van der Waals surface area contributed by atoms with Crippen molar-refractivity contribution in [3.05, 3.63) is 11.6 Å². The van der Waals surface area contributed by atoms with Crippen LogP contribution in [0, 0.1) is 17.8 Å². The van der Waals surface area contributed by atoms with Gasteiger partial charge in [-0.15, -0.1) is 0 Å². The molecule has 0 saturated carbocycles. The third kappa shape index (κ3) is 4.47. The SMILES string of the molecule is CCOC(=O)[C@H](CC)C1=CC[C@H](CC(C)C)CC1. The largest absolute Gasteiger partial charge is 0.466 e. The highest BCUT2D eigenvalue weighted by molar-refractivity contribution is 5.75. The van der Waals surface area contributed by atoms with E-state index in [2.05, 4.69) is 26.8 Å². The lowest BCUT2D eigenvalue weighted by Gasteiger charge is -2.26. The molecule has 18 heavy (non-hydrogen) atoms. The van der Waals surface area contributed by atoms with Crippen molar-refractivity contribution in [3.63, 3.8) is 0 Å². The summed E-state index contributed by atoms with van der Waals surface area (Å²) >= 11 is 0. The average molecular weight is 252 g/mol. The standard InChI is InChI=1S/C16H28O2/c1-5-15(16(17)18-6-2)14-9-7-13(8-10-14)11-12(3)4/h9,12-13,15H,5-8,10-11H2,1-4H3/t13-,15+/m0/s1. The fourth-order valence-corrected chi connectivity index (χ4v) is 2.93. The van der Waals surface area contributed by atoms with Gasteiger partial charge in [0.05, 0.1) is 12.5 Å². The Hall–Kier alpha value is -0.790. The summed E-state index contributed by atoms with van der Waals surface area (Å²) < 4.78 is 5.16. The molecule has 2 heteroatoms. The van der Waals surface area contributed by atoms with Crippen molar-refractivity contribution in [3.8, 4) is 0 Å². The molecule has 0 unspecified atom stereocenters. The zero-order valence-corrected chi connectivity index (χ0v) is 12.4. The highest BCUT2D eigenvalue weighted by Crippen LogP contribution is 2.33. The van der Waals surface area contributed by atoms with Crippen molar-refractivity contribution in [1.82, 2.24) is 0 Å². The van der Waals surface area contributed by atoms with Gasteiger partial charge in [0.15, 0.2) is 0 Å². The number of hydrogen-bond donors (Lipinski definition) is 0. The van der Waals surface area contributed by atoms with Gasteiger partial charge in [-0.2, -0.15) is 0 Å². The first kappa shape index (κ1) is 15.3. The molecule has 104 valence electrons. The van der Waals surface area contributed by atoms with Gasteiger partial charge in [0, 0.05) is 0 Å². The van der Waals surface area contributed by atoms with Crippen LogP contribution in [0.3, 0.4) is 0 Å². The molecular weight excluding hydrogens is 224 g/mol. The number of rotatable bonds is 6. The molecule has 1 rings (SSSR count).